The molecule has 0 spiro atoms. The molecule has 0 fully saturated rings. The van der Waals surface area contributed by atoms with Crippen LogP contribution in [0.4, 0.5) is 18.9 Å². The fraction of sp³-hybridized carbons (Fsp3) is 0.273. The Morgan fingerprint density at radius 2 is 1.87 bits per heavy atom. The van der Waals surface area contributed by atoms with Crippen LogP contribution in [0.3, 0.4) is 0 Å². The second-order valence-electron chi connectivity index (χ2n) is 7.84. The fourth-order valence-electron chi connectivity index (χ4n) is 4.43. The number of aromatic amines is 1. The molecule has 6 nitrogen and oxygen atoms in total. The highest BCUT2D eigenvalue weighted by atomic mass is 19.2. The molecule has 1 aromatic heterocycles. The summed E-state index contributed by atoms with van der Waals surface area (Å²) < 4.78 is 46.9. The van der Waals surface area contributed by atoms with Crippen molar-refractivity contribution in [1.29, 1.82) is 0 Å². The van der Waals surface area contributed by atoms with E-state index in [1.54, 1.807) is 13.1 Å². The zero-order valence-electron chi connectivity index (χ0n) is 16.5. The summed E-state index contributed by atoms with van der Waals surface area (Å²) in [7, 11) is 1.59. The van der Waals surface area contributed by atoms with Crippen LogP contribution in [0.2, 0.25) is 0 Å². The lowest BCUT2D eigenvalue weighted by Gasteiger charge is -2.35. The minimum absolute atomic E-state index is 0.00673. The van der Waals surface area contributed by atoms with Gasteiger partial charge >= 0.3 is 0 Å². The van der Waals surface area contributed by atoms with Crippen LogP contribution < -0.4 is 10.9 Å². The van der Waals surface area contributed by atoms with Crippen molar-refractivity contribution in [3.63, 3.8) is 0 Å². The molecule has 9 heteroatoms. The first-order valence-corrected chi connectivity index (χ1v) is 9.76. The second kappa shape index (κ2) is 7.12. The summed E-state index contributed by atoms with van der Waals surface area (Å²) in [5.74, 6) is -2.83. The van der Waals surface area contributed by atoms with Crippen LogP contribution in [0.5, 0.6) is 0 Å². The number of halogens is 3. The first kappa shape index (κ1) is 19.6. The largest absolute Gasteiger partial charge is 0.373 e. The fourth-order valence-corrected chi connectivity index (χ4v) is 4.43. The Labute approximate surface area is 174 Å². The second-order valence-corrected chi connectivity index (χ2v) is 7.84. The zero-order valence-corrected chi connectivity index (χ0v) is 16.5. The van der Waals surface area contributed by atoms with Crippen molar-refractivity contribution in [3.05, 3.63) is 75.0 Å². The number of hydrogen-bond acceptors (Lipinski definition) is 4. The van der Waals surface area contributed by atoms with Gasteiger partial charge in [0.05, 0.1) is 24.6 Å². The van der Waals surface area contributed by atoms with Crippen LogP contribution in [-0.2, 0) is 22.6 Å². The van der Waals surface area contributed by atoms with E-state index in [0.29, 0.717) is 28.9 Å². The number of fused-ring (bicyclic) bond motifs is 4. The number of pyridine rings is 1. The third-order valence-electron chi connectivity index (χ3n) is 5.97. The molecule has 0 saturated carbocycles. The van der Waals surface area contributed by atoms with Crippen LogP contribution in [0.15, 0.2) is 35.1 Å². The number of H-pyrrole nitrogens is 1. The number of amides is 1. The highest BCUT2D eigenvalue weighted by molar-refractivity contribution is 5.90. The number of nitrogens with zero attached hydrogens (tertiary/aromatic N) is 1. The van der Waals surface area contributed by atoms with Crippen LogP contribution >= 0.6 is 0 Å². The lowest BCUT2D eigenvalue weighted by Crippen LogP contribution is -2.44. The minimum Gasteiger partial charge on any atom is -0.373 e. The summed E-state index contributed by atoms with van der Waals surface area (Å²) in [6.45, 7) is 0.216. The maximum Gasteiger partial charge on any atom is 0.256 e. The van der Waals surface area contributed by atoms with Crippen molar-refractivity contribution >= 4 is 22.4 Å². The van der Waals surface area contributed by atoms with E-state index in [2.05, 4.69) is 10.3 Å². The molecule has 2 aliphatic heterocycles. The Morgan fingerprint density at radius 3 is 2.65 bits per heavy atom. The number of carbonyl (C=O) groups is 1. The molecule has 1 amide bonds. The Kier molecular flexibility index (Phi) is 4.51. The van der Waals surface area contributed by atoms with Crippen molar-refractivity contribution in [2.45, 2.75) is 25.1 Å². The van der Waals surface area contributed by atoms with Crippen LogP contribution in [0.25, 0.3) is 10.8 Å². The van der Waals surface area contributed by atoms with Gasteiger partial charge in [0, 0.05) is 30.4 Å². The minimum atomic E-state index is -1.12. The molecule has 2 N–H and O–H groups in total. The van der Waals surface area contributed by atoms with Crippen LogP contribution in [-0.4, -0.2) is 35.5 Å². The van der Waals surface area contributed by atoms with Gasteiger partial charge in [-0.05, 0) is 41.3 Å². The lowest BCUT2D eigenvalue weighted by atomic mass is 9.95. The van der Waals surface area contributed by atoms with Gasteiger partial charge in [-0.15, -0.1) is 0 Å². The highest BCUT2D eigenvalue weighted by Gasteiger charge is 2.36. The van der Waals surface area contributed by atoms with E-state index < -0.39 is 29.3 Å². The molecule has 2 aliphatic rings. The van der Waals surface area contributed by atoms with Gasteiger partial charge in [0.15, 0.2) is 11.6 Å². The van der Waals surface area contributed by atoms with Gasteiger partial charge in [-0.25, -0.2) is 13.2 Å². The van der Waals surface area contributed by atoms with E-state index in [4.69, 9.17) is 4.74 Å². The molecular weight excluding hydrogens is 411 g/mol. The number of benzene rings is 2. The number of carbonyl (C=O) groups excluding carboxylic acids is 1. The maximum atomic E-state index is 14.0. The predicted octanol–water partition coefficient (Wildman–Crippen LogP) is 3.01. The van der Waals surface area contributed by atoms with Crippen molar-refractivity contribution in [3.8, 4) is 0 Å². The molecule has 2 aromatic carbocycles. The molecule has 0 saturated heterocycles. The molecule has 0 bridgehead atoms. The smallest absolute Gasteiger partial charge is 0.256 e. The first-order chi connectivity index (χ1) is 14.8. The number of anilines is 1. The summed E-state index contributed by atoms with van der Waals surface area (Å²) in [6, 6.07) is 4.93. The van der Waals surface area contributed by atoms with E-state index in [-0.39, 0.29) is 35.7 Å². The molecular formula is C22H18F3N3O3. The summed E-state index contributed by atoms with van der Waals surface area (Å²) in [5, 5.41) is 3.35. The Bertz CT molecular complexity index is 1290. The molecule has 0 unspecified atom stereocenters. The van der Waals surface area contributed by atoms with E-state index in [1.807, 2.05) is 0 Å². The number of aromatic nitrogens is 1. The van der Waals surface area contributed by atoms with Crippen molar-refractivity contribution in [1.82, 2.24) is 9.88 Å². The molecule has 3 aromatic rings. The van der Waals surface area contributed by atoms with Gasteiger partial charge in [0.25, 0.3) is 5.56 Å². The summed E-state index contributed by atoms with van der Waals surface area (Å²) in [6.07, 6.45) is 0.322. The van der Waals surface area contributed by atoms with Crippen molar-refractivity contribution in [2.75, 3.05) is 19.0 Å². The third-order valence-corrected chi connectivity index (χ3v) is 5.97. The van der Waals surface area contributed by atoms with Crippen LogP contribution in [0.1, 0.15) is 22.9 Å². The average Bonchev–Trinajstić information content (AvgIpc) is 3.17. The Morgan fingerprint density at radius 1 is 1.13 bits per heavy atom. The van der Waals surface area contributed by atoms with E-state index >= 15 is 0 Å². The molecule has 2 atom stereocenters. The predicted molar refractivity (Wildman–Crippen MR) is 107 cm³/mol. The molecule has 0 radical (unpaired) electrons. The molecule has 160 valence electrons. The monoisotopic (exact) mass is 429 g/mol. The molecule has 31 heavy (non-hydrogen) atoms. The van der Waals surface area contributed by atoms with E-state index in [9.17, 15) is 22.8 Å². The number of hydrogen-bond donors (Lipinski definition) is 2. The third kappa shape index (κ3) is 3.16. The van der Waals surface area contributed by atoms with Gasteiger partial charge in [-0.1, -0.05) is 0 Å². The molecule has 0 aliphatic carbocycles. The summed E-state index contributed by atoms with van der Waals surface area (Å²) >= 11 is 0. The highest BCUT2D eigenvalue weighted by Crippen LogP contribution is 2.35. The average molecular weight is 429 g/mol. The Hall–Kier alpha value is -3.33. The number of rotatable bonds is 2. The lowest BCUT2D eigenvalue weighted by molar-refractivity contribution is -0.134. The van der Waals surface area contributed by atoms with E-state index in [1.165, 1.54) is 17.0 Å². The van der Waals surface area contributed by atoms with Gasteiger partial charge in [-0.2, -0.15) is 0 Å². The number of nitrogens with one attached hydrogen (secondary N) is 2. The zero-order chi connectivity index (χ0) is 21.9. The SMILES string of the molecule is CN(C(=O)[C@H]1Cc2cc(F)ccc2N1)[C@H]1COCc2[nH]c(=O)c3cc(F)c(F)cc3c21. The Balaban J connectivity index is 1.53. The first-order valence-electron chi connectivity index (χ1n) is 9.76. The quantitative estimate of drug-likeness (QED) is 0.657. The van der Waals surface area contributed by atoms with Gasteiger partial charge < -0.3 is 19.9 Å². The topological polar surface area (TPSA) is 74.4 Å². The van der Waals surface area contributed by atoms with Crippen LogP contribution in [0, 0.1) is 17.5 Å². The molecule has 5 rings (SSSR count). The van der Waals surface area contributed by atoms with Gasteiger partial charge in [0.2, 0.25) is 5.91 Å². The summed E-state index contributed by atoms with van der Waals surface area (Å²) in [4.78, 5) is 29.7. The van der Waals surface area contributed by atoms with Gasteiger partial charge in [-0.3, -0.25) is 9.59 Å². The standard InChI is InChI=1S/C22H18F3N3O3/c1-28(22(30)17-5-10-4-11(23)2-3-16(10)26-17)19-9-31-8-18-20(19)12-6-14(24)15(25)7-13(12)21(29)27-18/h2-4,6-7,17,19,26H,5,8-9H2,1H3,(H,27,29)/t17-,19+/m1/s1. The normalized spacial score (nSPS) is 19.6. The number of likely N-dealkylation sites (N-methyl/N-ethyl adjacent to an activating group) is 1. The van der Waals surface area contributed by atoms with E-state index in [0.717, 1.165) is 12.1 Å². The van der Waals surface area contributed by atoms with Gasteiger partial charge in [0.1, 0.15) is 11.9 Å². The van der Waals surface area contributed by atoms with Crippen molar-refractivity contribution in [2.24, 2.45) is 0 Å². The van der Waals surface area contributed by atoms with Crippen molar-refractivity contribution < 1.29 is 22.7 Å². The summed E-state index contributed by atoms with van der Waals surface area (Å²) in [5.41, 5.74) is 1.79. The number of ether oxygens (including phenoxy) is 1. The molecule has 3 heterocycles. The maximum absolute atomic E-state index is 14.0.